The van der Waals surface area contributed by atoms with Gasteiger partial charge in [-0.3, -0.25) is 0 Å². The van der Waals surface area contributed by atoms with Crippen molar-refractivity contribution in [1.29, 1.82) is 0 Å². The van der Waals surface area contributed by atoms with Gasteiger partial charge < -0.3 is 15.2 Å². The Morgan fingerprint density at radius 3 is 1.88 bits per heavy atom. The molecule has 0 heterocycles. The third-order valence-corrected chi connectivity index (χ3v) is 2.47. The highest BCUT2D eigenvalue weighted by atomic mass is 16.5. The number of rotatable bonds is 4. The largest absolute Gasteiger partial charge is 0.496 e. The Labute approximate surface area is 97.6 Å². The van der Waals surface area contributed by atoms with E-state index in [0.29, 0.717) is 0 Å². The topological polar surface area (TPSA) is 44.5 Å². The number of nitrogens with two attached hydrogens (primary N) is 1. The van der Waals surface area contributed by atoms with E-state index < -0.39 is 0 Å². The second-order valence-corrected chi connectivity index (χ2v) is 4.79. The molecule has 3 heteroatoms. The summed E-state index contributed by atoms with van der Waals surface area (Å²) in [6.45, 7) is 5.99. The van der Waals surface area contributed by atoms with Crippen LogP contribution in [-0.4, -0.2) is 19.8 Å². The number of benzene rings is 1. The second-order valence-electron chi connectivity index (χ2n) is 4.79. The molecule has 0 fully saturated rings. The lowest BCUT2D eigenvalue weighted by Crippen LogP contribution is -2.34. The molecule has 0 bridgehead atoms. The summed E-state index contributed by atoms with van der Waals surface area (Å²) in [6, 6.07) is 4.04. The molecule has 0 unspecified atom stereocenters. The lowest BCUT2D eigenvalue weighted by atomic mass is 9.95. The normalized spacial score (nSPS) is 11.4. The predicted octanol–water partition coefficient (Wildman–Crippen LogP) is 2.29. The molecule has 0 aromatic heterocycles. The Morgan fingerprint density at radius 1 is 1.12 bits per heavy atom. The van der Waals surface area contributed by atoms with E-state index in [2.05, 4.69) is 0 Å². The van der Waals surface area contributed by atoms with Gasteiger partial charge in [-0.15, -0.1) is 0 Å². The Balaban J connectivity index is 3.12. The molecule has 1 rings (SSSR count). The third-order valence-electron chi connectivity index (χ3n) is 2.47. The molecular formula is C13H21NO2. The smallest absolute Gasteiger partial charge is 0.125 e. The highest BCUT2D eigenvalue weighted by Gasteiger charge is 2.15. The number of methoxy groups -OCH3 is 2. The van der Waals surface area contributed by atoms with E-state index in [1.165, 1.54) is 0 Å². The molecule has 0 saturated heterocycles. The van der Waals surface area contributed by atoms with Gasteiger partial charge in [0.25, 0.3) is 0 Å². The molecule has 0 radical (unpaired) electrons. The minimum Gasteiger partial charge on any atom is -0.496 e. The monoisotopic (exact) mass is 223 g/mol. The van der Waals surface area contributed by atoms with Crippen LogP contribution in [0.3, 0.4) is 0 Å². The van der Waals surface area contributed by atoms with Crippen molar-refractivity contribution in [2.24, 2.45) is 5.73 Å². The van der Waals surface area contributed by atoms with Crippen LogP contribution in [0.25, 0.3) is 0 Å². The fourth-order valence-electron chi connectivity index (χ4n) is 1.77. The van der Waals surface area contributed by atoms with Crippen molar-refractivity contribution in [2.75, 3.05) is 14.2 Å². The molecule has 0 spiro atoms. The van der Waals surface area contributed by atoms with E-state index in [1.807, 2.05) is 32.9 Å². The lowest BCUT2D eigenvalue weighted by molar-refractivity contribution is 0.386. The van der Waals surface area contributed by atoms with Crippen LogP contribution in [0.2, 0.25) is 0 Å². The number of hydrogen-bond acceptors (Lipinski definition) is 3. The van der Waals surface area contributed by atoms with Gasteiger partial charge in [0.1, 0.15) is 11.5 Å². The summed E-state index contributed by atoms with van der Waals surface area (Å²) in [4.78, 5) is 0. The molecule has 0 amide bonds. The maximum atomic E-state index is 6.01. The molecule has 0 atom stereocenters. The summed E-state index contributed by atoms with van der Waals surface area (Å²) in [6.07, 6.45) is 0.792. The molecule has 1 aromatic carbocycles. The summed E-state index contributed by atoms with van der Waals surface area (Å²) < 4.78 is 10.6. The quantitative estimate of drug-likeness (QED) is 0.851. The fourth-order valence-corrected chi connectivity index (χ4v) is 1.77. The Morgan fingerprint density at radius 2 is 1.56 bits per heavy atom. The zero-order valence-electron chi connectivity index (χ0n) is 10.8. The van der Waals surface area contributed by atoms with Crippen LogP contribution in [0.1, 0.15) is 25.0 Å². The van der Waals surface area contributed by atoms with Crippen molar-refractivity contribution < 1.29 is 9.47 Å². The van der Waals surface area contributed by atoms with Gasteiger partial charge in [-0.05, 0) is 44.9 Å². The third kappa shape index (κ3) is 3.14. The SMILES string of the molecule is COc1cc(CC(C)(C)N)cc(OC)c1C. The molecule has 0 aliphatic heterocycles. The van der Waals surface area contributed by atoms with Gasteiger partial charge in [0, 0.05) is 11.1 Å². The zero-order valence-corrected chi connectivity index (χ0v) is 10.8. The fraction of sp³-hybridized carbons (Fsp3) is 0.538. The predicted molar refractivity (Wildman–Crippen MR) is 66.3 cm³/mol. The van der Waals surface area contributed by atoms with Gasteiger partial charge in [0.15, 0.2) is 0 Å². The van der Waals surface area contributed by atoms with E-state index in [-0.39, 0.29) is 5.54 Å². The first-order valence-electron chi connectivity index (χ1n) is 5.38. The maximum Gasteiger partial charge on any atom is 0.125 e. The van der Waals surface area contributed by atoms with Crippen LogP contribution in [-0.2, 0) is 6.42 Å². The van der Waals surface area contributed by atoms with Crippen LogP contribution < -0.4 is 15.2 Å². The maximum absolute atomic E-state index is 6.01. The van der Waals surface area contributed by atoms with Crippen molar-refractivity contribution in [2.45, 2.75) is 32.7 Å². The van der Waals surface area contributed by atoms with Crippen LogP contribution in [0.4, 0.5) is 0 Å². The van der Waals surface area contributed by atoms with Gasteiger partial charge >= 0.3 is 0 Å². The first-order chi connectivity index (χ1) is 7.37. The van der Waals surface area contributed by atoms with Crippen molar-refractivity contribution in [3.63, 3.8) is 0 Å². The molecule has 3 nitrogen and oxygen atoms in total. The molecule has 0 aliphatic rings. The highest BCUT2D eigenvalue weighted by Crippen LogP contribution is 2.30. The van der Waals surface area contributed by atoms with E-state index in [9.17, 15) is 0 Å². The minimum absolute atomic E-state index is 0.231. The Bertz CT molecular complexity index is 342. The van der Waals surface area contributed by atoms with Crippen LogP contribution >= 0.6 is 0 Å². The molecule has 1 aromatic rings. The van der Waals surface area contributed by atoms with Gasteiger partial charge in [-0.1, -0.05) is 0 Å². The van der Waals surface area contributed by atoms with E-state index >= 15 is 0 Å². The lowest BCUT2D eigenvalue weighted by Gasteiger charge is -2.20. The van der Waals surface area contributed by atoms with Gasteiger partial charge in [-0.25, -0.2) is 0 Å². The van der Waals surface area contributed by atoms with Crippen molar-refractivity contribution >= 4 is 0 Å². The standard InChI is InChI=1S/C13H21NO2/c1-9-11(15-4)6-10(7-12(9)16-5)8-13(2,3)14/h6-7H,8,14H2,1-5H3. The highest BCUT2D eigenvalue weighted by molar-refractivity contribution is 5.47. The molecule has 0 aliphatic carbocycles. The number of hydrogen-bond donors (Lipinski definition) is 1. The second kappa shape index (κ2) is 4.74. The zero-order chi connectivity index (χ0) is 12.3. The average Bonchev–Trinajstić information content (AvgIpc) is 2.18. The summed E-state index contributed by atoms with van der Waals surface area (Å²) in [5.41, 5.74) is 7.92. The molecule has 16 heavy (non-hydrogen) atoms. The van der Waals surface area contributed by atoms with E-state index in [0.717, 1.165) is 29.0 Å². The van der Waals surface area contributed by atoms with Crippen molar-refractivity contribution in [3.8, 4) is 11.5 Å². The van der Waals surface area contributed by atoms with Crippen molar-refractivity contribution in [3.05, 3.63) is 23.3 Å². The molecular weight excluding hydrogens is 202 g/mol. The summed E-state index contributed by atoms with van der Waals surface area (Å²) in [7, 11) is 3.33. The molecule has 2 N–H and O–H groups in total. The number of ether oxygens (including phenoxy) is 2. The van der Waals surface area contributed by atoms with Crippen LogP contribution in [0, 0.1) is 6.92 Å². The minimum atomic E-state index is -0.231. The van der Waals surface area contributed by atoms with Crippen LogP contribution in [0.15, 0.2) is 12.1 Å². The van der Waals surface area contributed by atoms with E-state index in [1.54, 1.807) is 14.2 Å². The Kier molecular flexibility index (Phi) is 3.81. The average molecular weight is 223 g/mol. The van der Waals surface area contributed by atoms with Crippen molar-refractivity contribution in [1.82, 2.24) is 0 Å². The van der Waals surface area contributed by atoms with E-state index in [4.69, 9.17) is 15.2 Å². The first-order valence-corrected chi connectivity index (χ1v) is 5.38. The molecule has 90 valence electrons. The summed E-state index contributed by atoms with van der Waals surface area (Å²) >= 11 is 0. The van der Waals surface area contributed by atoms with Gasteiger partial charge in [-0.2, -0.15) is 0 Å². The molecule has 0 saturated carbocycles. The summed E-state index contributed by atoms with van der Waals surface area (Å²) in [5.74, 6) is 1.69. The Hall–Kier alpha value is -1.22. The first kappa shape index (κ1) is 12.8. The summed E-state index contributed by atoms with van der Waals surface area (Å²) in [5, 5.41) is 0. The van der Waals surface area contributed by atoms with Crippen LogP contribution in [0.5, 0.6) is 11.5 Å². The van der Waals surface area contributed by atoms with Gasteiger partial charge in [0.05, 0.1) is 14.2 Å². The van der Waals surface area contributed by atoms with Gasteiger partial charge in [0.2, 0.25) is 0 Å².